The maximum atomic E-state index is 12.8. The van der Waals surface area contributed by atoms with Crippen molar-refractivity contribution in [2.75, 3.05) is 5.32 Å². The number of benzene rings is 2. The zero-order valence-electron chi connectivity index (χ0n) is 13.7. The van der Waals surface area contributed by atoms with Crippen LogP contribution >= 0.6 is 0 Å². The van der Waals surface area contributed by atoms with Gasteiger partial charge in [0.05, 0.1) is 0 Å². The number of hydrogen-bond acceptors (Lipinski definition) is 3. The molecule has 1 unspecified atom stereocenters. The van der Waals surface area contributed by atoms with Crippen molar-refractivity contribution in [1.82, 2.24) is 10.3 Å². The topological polar surface area (TPSA) is 71.1 Å². The zero-order chi connectivity index (χ0) is 17.4. The molecule has 5 nitrogen and oxygen atoms in total. The van der Waals surface area contributed by atoms with E-state index in [2.05, 4.69) is 15.6 Å². The second kappa shape index (κ2) is 6.02. The lowest BCUT2D eigenvalue weighted by molar-refractivity contribution is -0.118. The minimum absolute atomic E-state index is 0.205. The van der Waals surface area contributed by atoms with Crippen LogP contribution in [0.1, 0.15) is 21.5 Å². The Morgan fingerprint density at radius 1 is 1.16 bits per heavy atom. The van der Waals surface area contributed by atoms with Gasteiger partial charge in [0.2, 0.25) is 5.91 Å². The van der Waals surface area contributed by atoms with Crippen LogP contribution in [-0.2, 0) is 11.2 Å². The molecule has 3 aromatic rings. The summed E-state index contributed by atoms with van der Waals surface area (Å²) < 4.78 is 0. The molecule has 25 heavy (non-hydrogen) atoms. The second-order valence-corrected chi connectivity index (χ2v) is 6.23. The summed E-state index contributed by atoms with van der Waals surface area (Å²) in [7, 11) is 0. The normalized spacial score (nSPS) is 16.2. The molecule has 2 heterocycles. The molecule has 124 valence electrons. The van der Waals surface area contributed by atoms with Gasteiger partial charge in [-0.25, -0.2) is 0 Å². The van der Waals surface area contributed by atoms with Crippen LogP contribution in [-0.4, -0.2) is 22.8 Å². The van der Waals surface area contributed by atoms with Gasteiger partial charge in [-0.3, -0.25) is 14.6 Å². The molecular formula is C20H17N3O2. The van der Waals surface area contributed by atoms with Gasteiger partial charge < -0.3 is 10.6 Å². The fraction of sp³-hybridized carbons (Fsp3) is 0.150. The van der Waals surface area contributed by atoms with Gasteiger partial charge in [0, 0.05) is 30.1 Å². The smallest absolute Gasteiger partial charge is 0.252 e. The summed E-state index contributed by atoms with van der Waals surface area (Å²) in [5.41, 5.74) is 3.36. The van der Waals surface area contributed by atoms with Gasteiger partial charge in [-0.05, 0) is 41.0 Å². The number of fused-ring (bicyclic) bond motifs is 2. The summed E-state index contributed by atoms with van der Waals surface area (Å²) in [6.07, 6.45) is 3.79. The lowest BCUT2D eigenvalue weighted by Gasteiger charge is -2.25. The molecule has 0 radical (unpaired) electrons. The molecule has 5 heteroatoms. The predicted octanol–water partition coefficient (Wildman–Crippen LogP) is 2.84. The van der Waals surface area contributed by atoms with E-state index in [1.54, 1.807) is 24.5 Å². The Morgan fingerprint density at radius 2 is 1.96 bits per heavy atom. The van der Waals surface area contributed by atoms with Gasteiger partial charge in [0.25, 0.3) is 5.91 Å². The van der Waals surface area contributed by atoms with Crippen molar-refractivity contribution >= 4 is 28.3 Å². The Bertz CT molecular complexity index is 997. The van der Waals surface area contributed by atoms with E-state index in [1.807, 2.05) is 37.3 Å². The van der Waals surface area contributed by atoms with Crippen molar-refractivity contribution in [3.05, 3.63) is 71.5 Å². The Morgan fingerprint density at radius 3 is 2.84 bits per heavy atom. The molecule has 2 aromatic carbocycles. The minimum atomic E-state index is -0.607. The molecule has 2 amide bonds. The Labute approximate surface area is 145 Å². The highest BCUT2D eigenvalue weighted by Crippen LogP contribution is 2.24. The first kappa shape index (κ1) is 15.3. The monoisotopic (exact) mass is 331 g/mol. The molecule has 4 rings (SSSR count). The third-order valence-electron chi connectivity index (χ3n) is 4.59. The van der Waals surface area contributed by atoms with Crippen molar-refractivity contribution < 1.29 is 9.59 Å². The van der Waals surface area contributed by atoms with E-state index >= 15 is 0 Å². The van der Waals surface area contributed by atoms with Crippen LogP contribution in [0.3, 0.4) is 0 Å². The summed E-state index contributed by atoms with van der Waals surface area (Å²) >= 11 is 0. The van der Waals surface area contributed by atoms with Crippen LogP contribution in [0.5, 0.6) is 0 Å². The van der Waals surface area contributed by atoms with Gasteiger partial charge >= 0.3 is 0 Å². The fourth-order valence-electron chi connectivity index (χ4n) is 3.26. The molecule has 1 atom stereocenters. The molecule has 0 bridgehead atoms. The standard InChI is InChI=1S/C20H17N3O2/c1-12-4-2-6-15-14(12)5-3-7-16(15)19(24)23-18-10-13-11-21-9-8-17(13)22-20(18)25/h2-9,11,18H,10H2,1H3,(H,22,25)(H,23,24). The Hall–Kier alpha value is -3.21. The Balaban J connectivity index is 1.63. The summed E-state index contributed by atoms with van der Waals surface area (Å²) in [6, 6.07) is 12.7. The molecule has 0 spiro atoms. The molecule has 0 saturated heterocycles. The maximum absolute atomic E-state index is 12.8. The van der Waals surface area contributed by atoms with E-state index in [1.165, 1.54) is 0 Å². The minimum Gasteiger partial charge on any atom is -0.340 e. The van der Waals surface area contributed by atoms with Gasteiger partial charge in [-0.1, -0.05) is 30.3 Å². The fourth-order valence-corrected chi connectivity index (χ4v) is 3.26. The van der Waals surface area contributed by atoms with E-state index in [9.17, 15) is 9.59 Å². The van der Waals surface area contributed by atoms with Crippen molar-refractivity contribution in [1.29, 1.82) is 0 Å². The van der Waals surface area contributed by atoms with Crippen molar-refractivity contribution in [2.45, 2.75) is 19.4 Å². The largest absolute Gasteiger partial charge is 0.340 e. The molecule has 2 N–H and O–H groups in total. The first-order chi connectivity index (χ1) is 12.1. The molecule has 1 aliphatic heterocycles. The number of carbonyl (C=O) groups excluding carboxylic acids is 2. The van der Waals surface area contributed by atoms with Crippen molar-refractivity contribution in [3.63, 3.8) is 0 Å². The maximum Gasteiger partial charge on any atom is 0.252 e. The number of hydrogen-bond donors (Lipinski definition) is 2. The first-order valence-corrected chi connectivity index (χ1v) is 8.16. The number of pyridine rings is 1. The lowest BCUT2D eigenvalue weighted by Crippen LogP contribution is -2.47. The highest BCUT2D eigenvalue weighted by atomic mass is 16.2. The number of aromatic nitrogens is 1. The zero-order valence-corrected chi connectivity index (χ0v) is 13.7. The van der Waals surface area contributed by atoms with E-state index in [-0.39, 0.29) is 11.8 Å². The average molecular weight is 331 g/mol. The molecule has 0 saturated carbocycles. The number of aryl methyl sites for hydroxylation is 1. The molecule has 0 aliphatic carbocycles. The number of rotatable bonds is 2. The summed E-state index contributed by atoms with van der Waals surface area (Å²) in [5, 5.41) is 7.61. The SMILES string of the molecule is Cc1cccc2c(C(=O)NC3Cc4cnccc4NC3=O)cccc12. The quantitative estimate of drug-likeness (QED) is 0.758. The van der Waals surface area contributed by atoms with Crippen LogP contribution < -0.4 is 10.6 Å². The van der Waals surface area contributed by atoms with E-state index in [4.69, 9.17) is 0 Å². The number of carbonyl (C=O) groups is 2. The van der Waals surface area contributed by atoms with Gasteiger partial charge in [0.1, 0.15) is 6.04 Å². The van der Waals surface area contributed by atoms with E-state index < -0.39 is 6.04 Å². The highest BCUT2D eigenvalue weighted by molar-refractivity contribution is 6.09. The number of nitrogens with zero attached hydrogens (tertiary/aromatic N) is 1. The van der Waals surface area contributed by atoms with Crippen molar-refractivity contribution in [2.24, 2.45) is 0 Å². The van der Waals surface area contributed by atoms with Crippen LogP contribution in [0.15, 0.2) is 54.9 Å². The summed E-state index contributed by atoms with van der Waals surface area (Å²) in [6.45, 7) is 2.02. The molecular weight excluding hydrogens is 314 g/mol. The number of anilines is 1. The molecule has 1 aliphatic rings. The third-order valence-corrected chi connectivity index (χ3v) is 4.59. The van der Waals surface area contributed by atoms with Gasteiger partial charge in [0.15, 0.2) is 0 Å². The van der Waals surface area contributed by atoms with Crippen LogP contribution in [0.25, 0.3) is 10.8 Å². The predicted molar refractivity (Wildman–Crippen MR) is 96.5 cm³/mol. The summed E-state index contributed by atoms with van der Waals surface area (Å²) in [4.78, 5) is 29.2. The summed E-state index contributed by atoms with van der Waals surface area (Å²) in [5.74, 6) is -0.452. The van der Waals surface area contributed by atoms with E-state index in [0.717, 1.165) is 27.6 Å². The molecule has 0 fully saturated rings. The van der Waals surface area contributed by atoms with Crippen LogP contribution in [0, 0.1) is 6.92 Å². The van der Waals surface area contributed by atoms with Crippen LogP contribution in [0.2, 0.25) is 0 Å². The number of amides is 2. The van der Waals surface area contributed by atoms with Gasteiger partial charge in [-0.2, -0.15) is 0 Å². The average Bonchev–Trinajstić information content (AvgIpc) is 2.62. The molecule has 1 aromatic heterocycles. The number of nitrogens with one attached hydrogen (secondary N) is 2. The third kappa shape index (κ3) is 2.74. The van der Waals surface area contributed by atoms with Gasteiger partial charge in [-0.15, -0.1) is 0 Å². The van der Waals surface area contributed by atoms with E-state index in [0.29, 0.717) is 12.0 Å². The first-order valence-electron chi connectivity index (χ1n) is 8.16. The van der Waals surface area contributed by atoms with Crippen LogP contribution in [0.4, 0.5) is 5.69 Å². The lowest BCUT2D eigenvalue weighted by atomic mass is 9.98. The highest BCUT2D eigenvalue weighted by Gasteiger charge is 2.28. The Kier molecular flexibility index (Phi) is 3.69. The van der Waals surface area contributed by atoms with Crippen molar-refractivity contribution in [3.8, 4) is 0 Å². The second-order valence-electron chi connectivity index (χ2n) is 6.23.